The van der Waals surface area contributed by atoms with Crippen LogP contribution in [0, 0.1) is 6.92 Å². The van der Waals surface area contributed by atoms with Gasteiger partial charge in [-0.2, -0.15) is 10.2 Å². The molecule has 3 heterocycles. The average molecular weight is 380 g/mol. The molecule has 2 N–H and O–H groups in total. The SMILES string of the molecule is Cc1cc(Nc2nccc(OCCc3nn[nH]n3)n2)cc(-c2cncs2)c1. The van der Waals surface area contributed by atoms with Crippen molar-refractivity contribution in [2.24, 2.45) is 0 Å². The third kappa shape index (κ3) is 4.42. The summed E-state index contributed by atoms with van der Waals surface area (Å²) in [7, 11) is 0. The molecular formula is C17H16N8OS. The Kier molecular flexibility index (Phi) is 4.97. The minimum Gasteiger partial charge on any atom is -0.477 e. The first-order valence-electron chi connectivity index (χ1n) is 8.22. The predicted molar refractivity (Wildman–Crippen MR) is 101 cm³/mol. The molecule has 0 saturated heterocycles. The monoisotopic (exact) mass is 380 g/mol. The Morgan fingerprint density at radius 3 is 3.04 bits per heavy atom. The molecule has 0 aliphatic carbocycles. The van der Waals surface area contributed by atoms with Crippen LogP contribution in [-0.2, 0) is 6.42 Å². The number of thiazole rings is 1. The lowest BCUT2D eigenvalue weighted by molar-refractivity contribution is 0.306. The van der Waals surface area contributed by atoms with Crippen molar-refractivity contribution in [3.05, 3.63) is 53.6 Å². The normalized spacial score (nSPS) is 10.7. The average Bonchev–Trinajstić information content (AvgIpc) is 3.36. The van der Waals surface area contributed by atoms with E-state index in [2.05, 4.69) is 47.0 Å². The fraction of sp³-hybridized carbons (Fsp3) is 0.176. The fourth-order valence-electron chi connectivity index (χ4n) is 2.50. The zero-order chi connectivity index (χ0) is 18.5. The van der Waals surface area contributed by atoms with Crippen LogP contribution in [0.3, 0.4) is 0 Å². The van der Waals surface area contributed by atoms with Gasteiger partial charge in [0, 0.05) is 30.6 Å². The molecule has 0 saturated carbocycles. The molecule has 4 rings (SSSR count). The molecule has 10 heteroatoms. The number of aromatic nitrogens is 7. The lowest BCUT2D eigenvalue weighted by Crippen LogP contribution is -2.05. The summed E-state index contributed by atoms with van der Waals surface area (Å²) in [6, 6.07) is 7.92. The van der Waals surface area contributed by atoms with Gasteiger partial charge in [-0.15, -0.1) is 21.5 Å². The van der Waals surface area contributed by atoms with E-state index in [-0.39, 0.29) is 0 Å². The number of hydrogen-bond acceptors (Lipinski definition) is 9. The van der Waals surface area contributed by atoms with Crippen molar-refractivity contribution >= 4 is 23.0 Å². The minimum atomic E-state index is 0.399. The lowest BCUT2D eigenvalue weighted by Gasteiger charge is -2.09. The number of aromatic amines is 1. The molecular weight excluding hydrogens is 364 g/mol. The van der Waals surface area contributed by atoms with Crippen LogP contribution < -0.4 is 10.1 Å². The molecule has 0 aliphatic rings. The van der Waals surface area contributed by atoms with E-state index in [9.17, 15) is 0 Å². The summed E-state index contributed by atoms with van der Waals surface area (Å²) in [4.78, 5) is 13.9. The van der Waals surface area contributed by atoms with Gasteiger partial charge in [0.05, 0.1) is 17.0 Å². The number of ether oxygens (including phenoxy) is 1. The van der Waals surface area contributed by atoms with Gasteiger partial charge in [-0.1, -0.05) is 11.3 Å². The second-order valence-electron chi connectivity index (χ2n) is 5.72. The van der Waals surface area contributed by atoms with Gasteiger partial charge < -0.3 is 10.1 Å². The highest BCUT2D eigenvalue weighted by Crippen LogP contribution is 2.28. The van der Waals surface area contributed by atoms with Crippen molar-refractivity contribution < 1.29 is 4.74 Å². The summed E-state index contributed by atoms with van der Waals surface area (Å²) in [6.45, 7) is 2.45. The summed E-state index contributed by atoms with van der Waals surface area (Å²) in [5.41, 5.74) is 4.97. The second kappa shape index (κ2) is 7.87. The summed E-state index contributed by atoms with van der Waals surface area (Å²) in [5.74, 6) is 1.54. The standard InChI is InChI=1S/C17H16N8OS/c1-11-6-12(14-9-18-10-27-14)8-13(7-11)20-17-19-4-2-16(21-17)26-5-3-15-22-24-25-23-15/h2,4,6-10H,3,5H2,1H3,(H,19,20,21)(H,22,23,24,25). The first kappa shape index (κ1) is 17.0. The number of hydrogen-bond donors (Lipinski definition) is 2. The quantitative estimate of drug-likeness (QED) is 0.503. The third-order valence-corrected chi connectivity index (χ3v) is 4.47. The first-order chi connectivity index (χ1) is 13.3. The first-order valence-corrected chi connectivity index (χ1v) is 9.10. The van der Waals surface area contributed by atoms with Crippen molar-refractivity contribution in [2.75, 3.05) is 11.9 Å². The Bertz CT molecular complexity index is 1000. The van der Waals surface area contributed by atoms with Crippen LogP contribution in [0.5, 0.6) is 5.88 Å². The maximum atomic E-state index is 5.64. The number of aryl methyl sites for hydroxylation is 1. The lowest BCUT2D eigenvalue weighted by atomic mass is 10.1. The van der Waals surface area contributed by atoms with Crippen molar-refractivity contribution in [2.45, 2.75) is 13.3 Å². The summed E-state index contributed by atoms with van der Waals surface area (Å²) < 4.78 is 5.64. The second-order valence-corrected chi connectivity index (χ2v) is 6.61. The predicted octanol–water partition coefficient (Wildman–Crippen LogP) is 2.79. The van der Waals surface area contributed by atoms with Crippen LogP contribution in [-0.4, -0.2) is 42.2 Å². The van der Waals surface area contributed by atoms with Gasteiger partial charge in [-0.25, -0.2) is 4.98 Å². The van der Waals surface area contributed by atoms with E-state index in [1.165, 1.54) is 0 Å². The van der Waals surface area contributed by atoms with Gasteiger partial charge >= 0.3 is 0 Å². The molecule has 4 aromatic rings. The van der Waals surface area contributed by atoms with Gasteiger partial charge in [0.1, 0.15) is 0 Å². The molecule has 0 spiro atoms. The van der Waals surface area contributed by atoms with E-state index in [0.717, 1.165) is 21.7 Å². The van der Waals surface area contributed by atoms with Gasteiger partial charge in [0.15, 0.2) is 5.82 Å². The van der Waals surface area contributed by atoms with Crippen LogP contribution in [0.4, 0.5) is 11.6 Å². The number of nitrogens with zero attached hydrogens (tertiary/aromatic N) is 6. The molecule has 0 atom stereocenters. The van der Waals surface area contributed by atoms with Crippen molar-refractivity contribution in [3.63, 3.8) is 0 Å². The highest BCUT2D eigenvalue weighted by Gasteiger charge is 2.06. The molecule has 136 valence electrons. The van der Waals surface area contributed by atoms with Crippen molar-refractivity contribution in [1.82, 2.24) is 35.6 Å². The van der Waals surface area contributed by atoms with Crippen LogP contribution in [0.25, 0.3) is 10.4 Å². The number of rotatable bonds is 7. The third-order valence-electron chi connectivity index (χ3n) is 3.65. The van der Waals surface area contributed by atoms with E-state index >= 15 is 0 Å². The van der Waals surface area contributed by atoms with E-state index in [1.807, 2.05) is 30.8 Å². The molecule has 3 aromatic heterocycles. The Balaban J connectivity index is 1.45. The largest absolute Gasteiger partial charge is 0.477 e. The molecule has 0 bridgehead atoms. The highest BCUT2D eigenvalue weighted by molar-refractivity contribution is 7.13. The molecule has 0 aliphatic heterocycles. The smallest absolute Gasteiger partial charge is 0.230 e. The zero-order valence-electron chi connectivity index (χ0n) is 14.5. The van der Waals surface area contributed by atoms with Crippen molar-refractivity contribution in [3.8, 4) is 16.3 Å². The maximum Gasteiger partial charge on any atom is 0.230 e. The number of anilines is 2. The van der Waals surface area contributed by atoms with E-state index in [1.54, 1.807) is 23.6 Å². The fourth-order valence-corrected chi connectivity index (χ4v) is 3.11. The summed E-state index contributed by atoms with van der Waals surface area (Å²) >= 11 is 1.60. The Morgan fingerprint density at radius 1 is 1.26 bits per heavy atom. The zero-order valence-corrected chi connectivity index (χ0v) is 15.3. The maximum absolute atomic E-state index is 5.64. The van der Waals surface area contributed by atoms with Crippen LogP contribution in [0.1, 0.15) is 11.4 Å². The number of tetrazole rings is 1. The van der Waals surface area contributed by atoms with E-state index in [4.69, 9.17) is 4.74 Å². The van der Waals surface area contributed by atoms with Crippen LogP contribution in [0.2, 0.25) is 0 Å². The van der Waals surface area contributed by atoms with Crippen molar-refractivity contribution in [1.29, 1.82) is 0 Å². The Labute approximate surface area is 158 Å². The Morgan fingerprint density at radius 2 is 2.22 bits per heavy atom. The van der Waals surface area contributed by atoms with E-state index < -0.39 is 0 Å². The molecule has 27 heavy (non-hydrogen) atoms. The number of benzene rings is 1. The summed E-state index contributed by atoms with van der Waals surface area (Å²) in [6.07, 6.45) is 4.05. The topological polar surface area (TPSA) is 114 Å². The molecule has 1 aromatic carbocycles. The molecule has 0 amide bonds. The van der Waals surface area contributed by atoms with Gasteiger partial charge in [-0.3, -0.25) is 4.98 Å². The molecule has 9 nitrogen and oxygen atoms in total. The highest BCUT2D eigenvalue weighted by atomic mass is 32.1. The molecule has 0 fully saturated rings. The Hall–Kier alpha value is -3.40. The van der Waals surface area contributed by atoms with Crippen LogP contribution in [0.15, 0.2) is 42.2 Å². The molecule has 0 radical (unpaired) electrons. The summed E-state index contributed by atoms with van der Waals surface area (Å²) in [5, 5.41) is 16.9. The van der Waals surface area contributed by atoms with E-state index in [0.29, 0.717) is 30.7 Å². The molecule has 0 unspecified atom stereocenters. The van der Waals surface area contributed by atoms with Gasteiger partial charge in [-0.05, 0) is 30.2 Å². The van der Waals surface area contributed by atoms with Crippen LogP contribution >= 0.6 is 11.3 Å². The minimum absolute atomic E-state index is 0.399. The number of nitrogens with one attached hydrogen (secondary N) is 2. The van der Waals surface area contributed by atoms with Gasteiger partial charge in [0.2, 0.25) is 11.8 Å². The van der Waals surface area contributed by atoms with Gasteiger partial charge in [0.25, 0.3) is 0 Å². The number of H-pyrrole nitrogens is 1.